The first-order valence-electron chi connectivity index (χ1n) is 13.3. The number of carbonyl (C=O) groups is 3. The highest BCUT2D eigenvalue weighted by Gasteiger charge is 2.54. The summed E-state index contributed by atoms with van der Waals surface area (Å²) >= 11 is 0. The average Bonchev–Trinajstić information content (AvgIpc) is 3.48. The van der Waals surface area contributed by atoms with Crippen LogP contribution in [0.2, 0.25) is 0 Å². The van der Waals surface area contributed by atoms with Gasteiger partial charge in [0.15, 0.2) is 5.78 Å². The maximum absolute atomic E-state index is 13.9. The van der Waals surface area contributed by atoms with E-state index in [9.17, 15) is 14.4 Å². The van der Waals surface area contributed by atoms with E-state index in [0.29, 0.717) is 12.1 Å². The number of rotatable bonds is 6. The van der Waals surface area contributed by atoms with Crippen molar-refractivity contribution in [3.8, 4) is 0 Å². The molecule has 228 valence electrons. The minimum atomic E-state index is -0.667. The number of nitrogens with zero attached hydrogens (tertiary/aromatic N) is 3. The van der Waals surface area contributed by atoms with Gasteiger partial charge in [0.05, 0.1) is 6.54 Å². The van der Waals surface area contributed by atoms with Crippen molar-refractivity contribution in [1.29, 1.82) is 0 Å². The van der Waals surface area contributed by atoms with Crippen molar-refractivity contribution < 1.29 is 23.9 Å². The second-order valence-electron chi connectivity index (χ2n) is 10.6. The minimum absolute atomic E-state index is 0. The third kappa shape index (κ3) is 7.84. The van der Waals surface area contributed by atoms with E-state index >= 15 is 0 Å². The van der Waals surface area contributed by atoms with Gasteiger partial charge in [-0.05, 0) is 50.1 Å². The maximum Gasteiger partial charge on any atom is 0.251 e. The molecule has 0 spiro atoms. The van der Waals surface area contributed by atoms with E-state index in [1.54, 1.807) is 12.0 Å². The Morgan fingerprint density at radius 2 is 1.60 bits per heavy atom. The summed E-state index contributed by atoms with van der Waals surface area (Å²) in [5, 5.41) is 3.07. The van der Waals surface area contributed by atoms with Gasteiger partial charge in [-0.3, -0.25) is 14.4 Å². The zero-order valence-electron chi connectivity index (χ0n) is 23.4. The summed E-state index contributed by atoms with van der Waals surface area (Å²) in [5.74, 6) is -0.493. The predicted molar refractivity (Wildman–Crippen MR) is 177 cm³/mol. The lowest BCUT2D eigenvalue weighted by molar-refractivity contribution is -0.139. The Bertz CT molecular complexity index is 974. The molecule has 3 heterocycles. The highest BCUT2D eigenvalue weighted by molar-refractivity contribution is 7.59. The topological polar surface area (TPSA) is 91.4 Å². The summed E-state index contributed by atoms with van der Waals surface area (Å²) in [6.45, 7) is 4.26. The molecular weight excluding hydrogens is 589 g/mol. The van der Waals surface area contributed by atoms with Crippen LogP contribution in [0.25, 0.3) is 0 Å². The van der Waals surface area contributed by atoms with Gasteiger partial charge in [-0.25, -0.2) is 0 Å². The number of benzene rings is 1. The first-order chi connectivity index (χ1) is 17.5. The van der Waals surface area contributed by atoms with Crippen molar-refractivity contribution >= 4 is 77.3 Å². The molecular formula is C27H46N4O5S4. The van der Waals surface area contributed by atoms with Gasteiger partial charge in [-0.2, -0.15) is 54.0 Å². The molecule has 4 fully saturated rings. The fourth-order valence-electron chi connectivity index (χ4n) is 6.19. The van der Waals surface area contributed by atoms with Crippen LogP contribution < -0.4 is 10.2 Å². The number of hydrogen-bond donors (Lipinski definition) is 1. The molecule has 0 aromatic heterocycles. The highest BCUT2D eigenvalue weighted by atomic mass is 32.1. The van der Waals surface area contributed by atoms with Crippen molar-refractivity contribution in [2.24, 2.45) is 5.92 Å². The molecule has 40 heavy (non-hydrogen) atoms. The lowest BCUT2D eigenvalue weighted by Gasteiger charge is -2.34. The quantitative estimate of drug-likeness (QED) is 0.510. The molecule has 1 aromatic rings. The Balaban J connectivity index is 0.00000200. The molecule has 9 nitrogen and oxygen atoms in total. The maximum atomic E-state index is 13.9. The third-order valence-corrected chi connectivity index (χ3v) is 8.40. The molecule has 1 aliphatic carbocycles. The summed E-state index contributed by atoms with van der Waals surface area (Å²) in [5.41, 5.74) is 1.64. The first kappa shape index (κ1) is 36.9. The first-order valence-corrected chi connectivity index (χ1v) is 13.3. The largest absolute Gasteiger partial charge is 0.377 e. The van der Waals surface area contributed by atoms with Crippen LogP contribution in [0, 0.1) is 5.92 Å². The number of Topliss-reactive ketones (excluding diaryl/α,β-unsaturated/α-hetero) is 1. The summed E-state index contributed by atoms with van der Waals surface area (Å²) in [6.07, 6.45) is 4.23. The van der Waals surface area contributed by atoms with Gasteiger partial charge in [0, 0.05) is 44.5 Å². The molecule has 0 unspecified atom stereocenters. The molecule has 1 aromatic carbocycles. The lowest BCUT2D eigenvalue weighted by Crippen LogP contribution is -2.55. The second kappa shape index (κ2) is 16.5. The summed E-state index contributed by atoms with van der Waals surface area (Å²) < 4.78 is 11.2. The smallest absolute Gasteiger partial charge is 0.251 e. The molecule has 2 amide bonds. The summed E-state index contributed by atoms with van der Waals surface area (Å²) in [6, 6.07) is 6.35. The van der Waals surface area contributed by atoms with Crippen molar-refractivity contribution in [1.82, 2.24) is 15.1 Å². The standard InChI is InChI=1S/C27H38N4O5.4H2S/c1-29-12-14-30(15-13-29)20-10-8-19(9-11-20)26(33)28-23(18-6-4-3-5-7-18)27(34)31-16-22(35-2)25-24(31)21(32)17-36-25;;;;/h8-11,18,22-25H,3-7,12-17H2,1-2H3,(H,28,33);4*1H2/t22-,23-,24+,25+;;;;/m0..../s1. The Kier molecular flexibility index (Phi) is 15.3. The van der Waals surface area contributed by atoms with Crippen LogP contribution >= 0.6 is 54.0 Å². The predicted octanol–water partition coefficient (Wildman–Crippen LogP) is 1.76. The molecule has 3 saturated heterocycles. The van der Waals surface area contributed by atoms with Crippen molar-refractivity contribution in [2.75, 3.05) is 58.4 Å². The number of hydrogen-bond acceptors (Lipinski definition) is 7. The number of ketones is 1. The fourth-order valence-corrected chi connectivity index (χ4v) is 6.19. The number of likely N-dealkylation sites (tertiary alicyclic amines) is 1. The number of carbonyl (C=O) groups excluding carboxylic acids is 3. The zero-order chi connectivity index (χ0) is 25.2. The Labute approximate surface area is 265 Å². The third-order valence-electron chi connectivity index (χ3n) is 8.40. The van der Waals surface area contributed by atoms with Crippen LogP contribution in [0.4, 0.5) is 5.69 Å². The molecule has 3 aliphatic heterocycles. The molecule has 5 rings (SSSR count). The Morgan fingerprint density at radius 1 is 0.975 bits per heavy atom. The van der Waals surface area contributed by atoms with Crippen molar-refractivity contribution in [3.05, 3.63) is 29.8 Å². The highest BCUT2D eigenvalue weighted by Crippen LogP contribution is 2.33. The van der Waals surface area contributed by atoms with Crippen molar-refractivity contribution in [3.63, 3.8) is 0 Å². The number of methoxy groups -OCH3 is 1. The minimum Gasteiger partial charge on any atom is -0.377 e. The van der Waals surface area contributed by atoms with Gasteiger partial charge in [-0.15, -0.1) is 0 Å². The summed E-state index contributed by atoms with van der Waals surface area (Å²) in [7, 11) is 3.70. The number of ether oxygens (including phenoxy) is 2. The van der Waals surface area contributed by atoms with Gasteiger partial charge in [-0.1, -0.05) is 19.3 Å². The van der Waals surface area contributed by atoms with Crippen LogP contribution in [-0.2, 0) is 19.1 Å². The molecule has 0 bridgehead atoms. The van der Waals surface area contributed by atoms with Crippen LogP contribution in [0.15, 0.2) is 24.3 Å². The van der Waals surface area contributed by atoms with Crippen LogP contribution in [0.1, 0.15) is 42.5 Å². The number of piperazine rings is 1. The molecule has 1 saturated carbocycles. The van der Waals surface area contributed by atoms with E-state index in [1.807, 2.05) is 24.3 Å². The van der Waals surface area contributed by atoms with Gasteiger partial charge in [0.1, 0.15) is 30.9 Å². The van der Waals surface area contributed by atoms with Gasteiger partial charge < -0.3 is 29.5 Å². The van der Waals surface area contributed by atoms with E-state index in [-0.39, 0.29) is 90.2 Å². The van der Waals surface area contributed by atoms with Gasteiger partial charge in [0.25, 0.3) is 5.91 Å². The second-order valence-corrected chi connectivity index (χ2v) is 10.6. The number of likely N-dealkylation sites (N-methyl/N-ethyl adjacent to an activating group) is 1. The van der Waals surface area contributed by atoms with Crippen LogP contribution in [-0.4, -0.2) is 105 Å². The normalized spacial score (nSPS) is 25.4. The number of nitrogens with one attached hydrogen (secondary N) is 1. The van der Waals surface area contributed by atoms with E-state index in [0.717, 1.165) is 64.0 Å². The summed E-state index contributed by atoms with van der Waals surface area (Å²) in [4.78, 5) is 46.1. The molecule has 4 atom stereocenters. The average molecular weight is 635 g/mol. The molecule has 0 radical (unpaired) electrons. The van der Waals surface area contributed by atoms with Gasteiger partial charge in [0.2, 0.25) is 5.91 Å². The van der Waals surface area contributed by atoms with E-state index in [4.69, 9.17) is 9.47 Å². The van der Waals surface area contributed by atoms with Crippen molar-refractivity contribution in [2.45, 2.75) is 56.4 Å². The lowest BCUT2D eigenvalue weighted by atomic mass is 9.83. The fraction of sp³-hybridized carbons (Fsp3) is 0.667. The molecule has 1 N–H and O–H groups in total. The number of anilines is 1. The van der Waals surface area contributed by atoms with Gasteiger partial charge >= 0.3 is 0 Å². The SMILES string of the molecule is CO[C@H]1CN(C(=O)[C@@H](NC(=O)c2ccc(N3CCN(C)CC3)cc2)C2CCCCC2)[C@@H]2C(=O)CO[C@H]12.S.S.S.S. The number of amides is 2. The monoisotopic (exact) mass is 634 g/mol. The number of fused-ring (bicyclic) bond motifs is 1. The zero-order valence-corrected chi connectivity index (χ0v) is 27.4. The van der Waals surface area contributed by atoms with E-state index in [1.165, 1.54) is 0 Å². The Hall–Kier alpha value is -1.09. The molecule has 4 aliphatic rings. The van der Waals surface area contributed by atoms with E-state index in [2.05, 4.69) is 22.2 Å². The van der Waals surface area contributed by atoms with Crippen LogP contribution in [0.5, 0.6) is 0 Å². The van der Waals surface area contributed by atoms with E-state index < -0.39 is 18.2 Å². The molecule has 13 heteroatoms. The Morgan fingerprint density at radius 3 is 2.20 bits per heavy atom. The van der Waals surface area contributed by atoms with Crippen LogP contribution in [0.3, 0.4) is 0 Å².